The molecule has 0 aromatic carbocycles. The van der Waals surface area contributed by atoms with Crippen molar-refractivity contribution in [2.75, 3.05) is 26.2 Å². The Bertz CT molecular complexity index is 936. The van der Waals surface area contributed by atoms with E-state index in [4.69, 9.17) is 27.9 Å². The third-order valence-electron chi connectivity index (χ3n) is 7.31. The van der Waals surface area contributed by atoms with Gasteiger partial charge in [-0.3, -0.25) is 9.59 Å². The van der Waals surface area contributed by atoms with Crippen molar-refractivity contribution in [2.45, 2.75) is 142 Å². The van der Waals surface area contributed by atoms with Gasteiger partial charge >= 0.3 is 17.1 Å². The van der Waals surface area contributed by atoms with Crippen LogP contribution < -0.4 is 22.1 Å². The molecule has 0 saturated carbocycles. The lowest BCUT2D eigenvalue weighted by Crippen LogP contribution is -2.52. The van der Waals surface area contributed by atoms with Crippen molar-refractivity contribution >= 4 is 62.2 Å². The standard InChI is InChI=1S/C20H42N2O4Si3.C12H34N2O2Si3/c1-17(2)19(23)21-13-11-15-27(5,6)25-29(9,10)26-28(7,8)16-12-14-22-20(24)18(3)4;1-17(2,11-7-9-13)15-19(5,6)16-18(3,4)12-8-10-14/h1,3,11-16H2,2,4-10H3,(H,21,23)(H,22,24);7-14H2,1-6H3. The molecular weight excluding hydrogens is 705 g/mol. The van der Waals surface area contributed by atoms with Crippen molar-refractivity contribution in [2.24, 2.45) is 11.5 Å². The molecule has 0 rings (SSSR count). The minimum absolute atomic E-state index is 0.0874. The molecule has 10 nitrogen and oxygen atoms in total. The molecule has 0 atom stereocenters. The first-order chi connectivity index (χ1) is 21.6. The Morgan fingerprint density at radius 1 is 0.500 bits per heavy atom. The fourth-order valence-electron chi connectivity index (χ4n) is 5.70. The Labute approximate surface area is 302 Å². The van der Waals surface area contributed by atoms with E-state index in [0.29, 0.717) is 24.2 Å². The topological polar surface area (TPSA) is 147 Å². The summed E-state index contributed by atoms with van der Waals surface area (Å²) >= 11 is 0. The largest absolute Gasteiger partial charge is 0.437 e. The first-order valence-electron chi connectivity index (χ1n) is 17.7. The van der Waals surface area contributed by atoms with Crippen LogP contribution in [0.1, 0.15) is 39.5 Å². The fourth-order valence-corrected chi connectivity index (χ4v) is 33.9. The summed E-state index contributed by atoms with van der Waals surface area (Å²) in [5.41, 5.74) is 12.3. The average molecular weight is 781 g/mol. The zero-order valence-electron chi connectivity index (χ0n) is 33.5. The number of carbonyl (C=O) groups excluding carboxylic acids is 2. The molecule has 0 aliphatic heterocycles. The highest BCUT2D eigenvalue weighted by Gasteiger charge is 2.40. The highest BCUT2D eigenvalue weighted by atomic mass is 28.5. The average Bonchev–Trinajstić information content (AvgIpc) is 2.88. The van der Waals surface area contributed by atoms with Gasteiger partial charge in [-0.15, -0.1) is 0 Å². The van der Waals surface area contributed by atoms with E-state index in [1.165, 1.54) is 0 Å². The zero-order valence-corrected chi connectivity index (χ0v) is 39.5. The molecule has 0 aromatic rings. The summed E-state index contributed by atoms with van der Waals surface area (Å²) in [5.74, 6) is -0.175. The molecule has 0 spiro atoms. The van der Waals surface area contributed by atoms with Crippen LogP contribution in [0.3, 0.4) is 0 Å². The molecule has 0 aliphatic rings. The Morgan fingerprint density at radius 2 is 0.729 bits per heavy atom. The van der Waals surface area contributed by atoms with Crippen molar-refractivity contribution in [3.8, 4) is 0 Å². The van der Waals surface area contributed by atoms with Crippen LogP contribution in [0.4, 0.5) is 0 Å². The Hall–Kier alpha value is -0.519. The van der Waals surface area contributed by atoms with E-state index in [0.717, 1.165) is 62.9 Å². The smallest absolute Gasteiger partial charge is 0.311 e. The summed E-state index contributed by atoms with van der Waals surface area (Å²) in [6, 6.07) is 4.18. The molecule has 0 aromatic heterocycles. The Morgan fingerprint density at radius 3 is 0.938 bits per heavy atom. The highest BCUT2D eigenvalue weighted by Crippen LogP contribution is 2.27. The van der Waals surface area contributed by atoms with Gasteiger partial charge in [0.2, 0.25) is 11.8 Å². The summed E-state index contributed by atoms with van der Waals surface area (Å²) in [6.45, 7) is 40.1. The van der Waals surface area contributed by atoms with Gasteiger partial charge in [0.15, 0.2) is 33.3 Å². The van der Waals surface area contributed by atoms with Gasteiger partial charge in [-0.1, -0.05) is 13.2 Å². The third kappa shape index (κ3) is 27.2. The molecule has 0 radical (unpaired) electrons. The van der Waals surface area contributed by atoms with Crippen molar-refractivity contribution < 1.29 is 26.0 Å². The number of hydrogen-bond acceptors (Lipinski definition) is 8. The lowest BCUT2D eigenvalue weighted by atomic mass is 10.3. The summed E-state index contributed by atoms with van der Waals surface area (Å²) in [4.78, 5) is 23.1. The molecule has 2 amide bonds. The summed E-state index contributed by atoms with van der Waals surface area (Å²) in [5, 5.41) is 5.76. The van der Waals surface area contributed by atoms with Gasteiger partial charge in [-0.25, -0.2) is 0 Å². The van der Waals surface area contributed by atoms with Gasteiger partial charge in [0.25, 0.3) is 0 Å². The zero-order chi connectivity index (χ0) is 38.0. The molecule has 0 fully saturated rings. The highest BCUT2D eigenvalue weighted by molar-refractivity contribution is 6.88. The van der Waals surface area contributed by atoms with Gasteiger partial charge in [0.1, 0.15) is 0 Å². The second-order valence-electron chi connectivity index (χ2n) is 16.3. The number of carbonyl (C=O) groups is 2. The van der Waals surface area contributed by atoms with Gasteiger partial charge in [-0.05, 0) is 155 Å². The predicted octanol–water partition coefficient (Wildman–Crippen LogP) is 7.13. The molecule has 284 valence electrons. The van der Waals surface area contributed by atoms with E-state index >= 15 is 0 Å². The van der Waals surface area contributed by atoms with Crippen LogP contribution in [-0.4, -0.2) is 88.4 Å². The number of nitrogens with two attached hydrogens (primary N) is 2. The molecule has 0 saturated heterocycles. The summed E-state index contributed by atoms with van der Waals surface area (Å²) in [7, 11) is -11.3. The van der Waals surface area contributed by atoms with Crippen molar-refractivity contribution in [1.29, 1.82) is 0 Å². The number of nitrogens with one attached hydrogen (secondary N) is 2. The Kier molecular flexibility index (Phi) is 23.2. The molecule has 0 aliphatic carbocycles. The lowest BCUT2D eigenvalue weighted by Gasteiger charge is -2.39. The van der Waals surface area contributed by atoms with Crippen molar-refractivity contribution in [3.63, 3.8) is 0 Å². The van der Waals surface area contributed by atoms with E-state index in [2.05, 4.69) is 102 Å². The lowest BCUT2D eigenvalue weighted by molar-refractivity contribution is -0.118. The molecule has 0 bridgehead atoms. The first-order valence-corrected chi connectivity index (χ1v) is 35.8. The summed E-state index contributed by atoms with van der Waals surface area (Å²) < 4.78 is 26.0. The van der Waals surface area contributed by atoms with E-state index < -0.39 is 50.4 Å². The molecule has 48 heavy (non-hydrogen) atoms. The first kappa shape index (κ1) is 49.6. The quantitative estimate of drug-likeness (QED) is 0.0460. The molecule has 0 unspecified atom stereocenters. The van der Waals surface area contributed by atoms with Crippen LogP contribution in [-0.2, 0) is 26.0 Å². The van der Waals surface area contributed by atoms with Gasteiger partial charge in [0, 0.05) is 24.2 Å². The van der Waals surface area contributed by atoms with E-state index in [-0.39, 0.29) is 11.8 Å². The van der Waals surface area contributed by atoms with E-state index in [1.807, 2.05) is 0 Å². The maximum atomic E-state index is 11.6. The number of hydrogen-bond donors (Lipinski definition) is 4. The van der Waals surface area contributed by atoms with E-state index in [9.17, 15) is 9.59 Å². The SMILES string of the molecule is C=C(C)C(=O)NCCC[Si](C)(C)O[Si](C)(C)O[Si](C)(C)CCCNC(=O)C(=C)C.C[Si](C)(CCCN)O[Si](C)(C)O[Si](C)(C)CCCN. The van der Waals surface area contributed by atoms with Gasteiger partial charge < -0.3 is 38.6 Å². The van der Waals surface area contributed by atoms with Gasteiger partial charge in [0.05, 0.1) is 0 Å². The van der Waals surface area contributed by atoms with Gasteiger partial charge in [-0.2, -0.15) is 0 Å². The van der Waals surface area contributed by atoms with Crippen LogP contribution in [0, 0.1) is 0 Å². The van der Waals surface area contributed by atoms with Crippen LogP contribution in [0.2, 0.25) is 103 Å². The minimum atomic E-state index is -2.25. The minimum Gasteiger partial charge on any atom is -0.437 e. The van der Waals surface area contributed by atoms with Crippen LogP contribution in [0.5, 0.6) is 0 Å². The molecule has 0 heterocycles. The predicted molar refractivity (Wildman–Crippen MR) is 221 cm³/mol. The monoisotopic (exact) mass is 780 g/mol. The maximum absolute atomic E-state index is 11.6. The van der Waals surface area contributed by atoms with Crippen molar-refractivity contribution in [1.82, 2.24) is 10.6 Å². The number of amides is 2. The fraction of sp³-hybridized carbons (Fsp3) is 0.812. The third-order valence-corrected chi connectivity index (χ3v) is 30.2. The van der Waals surface area contributed by atoms with Crippen molar-refractivity contribution in [3.05, 3.63) is 24.3 Å². The molecule has 16 heteroatoms. The molecular formula is C32H76N4O6Si6. The second kappa shape index (κ2) is 22.4. The van der Waals surface area contributed by atoms with Crippen LogP contribution >= 0.6 is 0 Å². The number of rotatable bonds is 24. The maximum Gasteiger partial charge on any atom is 0.311 e. The second-order valence-corrected chi connectivity index (χ2v) is 41.3. The van der Waals surface area contributed by atoms with E-state index in [1.54, 1.807) is 13.8 Å². The normalized spacial score (nSPS) is 13.0. The van der Waals surface area contributed by atoms with Crippen LogP contribution in [0.15, 0.2) is 24.3 Å². The Balaban J connectivity index is 0. The van der Waals surface area contributed by atoms with Crippen LogP contribution in [0.25, 0.3) is 0 Å². The molecule has 6 N–H and O–H groups in total. The summed E-state index contributed by atoms with van der Waals surface area (Å²) in [6.07, 6.45) is 3.90.